The van der Waals surface area contributed by atoms with Crippen LogP contribution in [0.1, 0.15) is 17.4 Å². The molecule has 3 N–H and O–H groups in total. The summed E-state index contributed by atoms with van der Waals surface area (Å²) in [6.07, 6.45) is 2.91. The Kier molecular flexibility index (Phi) is 4.16. The highest BCUT2D eigenvalue weighted by Gasteiger charge is 2.28. The maximum Gasteiger partial charge on any atom is 0.356 e. The van der Waals surface area contributed by atoms with Crippen LogP contribution in [0.4, 0.5) is 0 Å². The van der Waals surface area contributed by atoms with E-state index in [1.54, 1.807) is 4.57 Å². The number of hydrogen-bond acceptors (Lipinski definition) is 4. The van der Waals surface area contributed by atoms with Gasteiger partial charge in [-0.25, -0.2) is 9.78 Å². The predicted molar refractivity (Wildman–Crippen MR) is 67.7 cm³/mol. The van der Waals surface area contributed by atoms with Crippen molar-refractivity contribution in [1.82, 2.24) is 20.2 Å². The Labute approximate surface area is 111 Å². The minimum absolute atomic E-state index is 0.0126. The van der Waals surface area contributed by atoms with Gasteiger partial charge in [0.25, 0.3) is 0 Å². The van der Waals surface area contributed by atoms with Gasteiger partial charge in [0, 0.05) is 25.2 Å². The number of carbonyl (C=O) groups is 2. The molecule has 104 valence electrons. The molecule has 0 spiro atoms. The van der Waals surface area contributed by atoms with Crippen molar-refractivity contribution in [2.45, 2.75) is 13.5 Å². The number of hydrogen-bond donors (Lipinski definition) is 3. The molecule has 1 unspecified atom stereocenters. The summed E-state index contributed by atoms with van der Waals surface area (Å²) >= 11 is 0. The third-order valence-electron chi connectivity index (χ3n) is 3.46. The quantitative estimate of drug-likeness (QED) is 0.648. The van der Waals surface area contributed by atoms with Gasteiger partial charge < -0.3 is 20.3 Å². The van der Waals surface area contributed by atoms with E-state index < -0.39 is 5.97 Å². The van der Waals surface area contributed by atoms with Crippen LogP contribution >= 0.6 is 0 Å². The van der Waals surface area contributed by atoms with Crippen LogP contribution in [0.15, 0.2) is 12.5 Å². The first-order chi connectivity index (χ1) is 9.08. The van der Waals surface area contributed by atoms with Crippen molar-refractivity contribution in [2.24, 2.45) is 11.8 Å². The molecule has 0 aliphatic carbocycles. The summed E-state index contributed by atoms with van der Waals surface area (Å²) in [4.78, 5) is 26.2. The molecule has 7 heteroatoms. The molecule has 0 bridgehead atoms. The lowest BCUT2D eigenvalue weighted by Gasteiger charge is -2.31. The van der Waals surface area contributed by atoms with Gasteiger partial charge in [-0.15, -0.1) is 0 Å². The van der Waals surface area contributed by atoms with Crippen molar-refractivity contribution >= 4 is 11.9 Å². The van der Waals surface area contributed by atoms with Crippen molar-refractivity contribution in [3.05, 3.63) is 18.2 Å². The number of carboxylic acid groups (broad SMARTS) is 1. The minimum atomic E-state index is -1.05. The molecule has 1 aliphatic rings. The molecule has 0 aromatic carbocycles. The lowest BCUT2D eigenvalue weighted by molar-refractivity contribution is -0.126. The SMILES string of the molecule is CC(C(=O)NCCn1cnc(C(=O)O)c1)C1CNC1. The lowest BCUT2D eigenvalue weighted by atomic mass is 9.88. The Morgan fingerprint density at radius 2 is 2.37 bits per heavy atom. The van der Waals surface area contributed by atoms with Gasteiger partial charge in [-0.2, -0.15) is 0 Å². The molecule has 19 heavy (non-hydrogen) atoms. The van der Waals surface area contributed by atoms with Gasteiger partial charge in [-0.05, 0) is 19.0 Å². The first kappa shape index (κ1) is 13.5. The van der Waals surface area contributed by atoms with Crippen LogP contribution in [0.2, 0.25) is 0 Å². The van der Waals surface area contributed by atoms with E-state index in [9.17, 15) is 9.59 Å². The van der Waals surface area contributed by atoms with Crippen molar-refractivity contribution in [3.8, 4) is 0 Å². The second kappa shape index (κ2) is 5.83. The van der Waals surface area contributed by atoms with Crippen LogP contribution in [-0.2, 0) is 11.3 Å². The molecule has 1 atom stereocenters. The average Bonchev–Trinajstić information content (AvgIpc) is 2.75. The lowest BCUT2D eigenvalue weighted by Crippen LogP contribution is -2.49. The van der Waals surface area contributed by atoms with E-state index in [4.69, 9.17) is 5.11 Å². The highest BCUT2D eigenvalue weighted by atomic mass is 16.4. The summed E-state index contributed by atoms with van der Waals surface area (Å²) in [7, 11) is 0. The fourth-order valence-corrected chi connectivity index (χ4v) is 1.94. The Hall–Kier alpha value is -1.89. The van der Waals surface area contributed by atoms with E-state index in [1.807, 2.05) is 6.92 Å². The molecular weight excluding hydrogens is 248 g/mol. The van der Waals surface area contributed by atoms with Gasteiger partial charge in [0.2, 0.25) is 5.91 Å². The zero-order valence-corrected chi connectivity index (χ0v) is 10.8. The first-order valence-electron chi connectivity index (χ1n) is 6.31. The van der Waals surface area contributed by atoms with Gasteiger partial charge in [-0.1, -0.05) is 6.92 Å². The Balaban J connectivity index is 1.73. The van der Waals surface area contributed by atoms with E-state index in [2.05, 4.69) is 15.6 Å². The highest BCUT2D eigenvalue weighted by Crippen LogP contribution is 2.15. The summed E-state index contributed by atoms with van der Waals surface area (Å²) in [5, 5.41) is 14.7. The fraction of sp³-hybridized carbons (Fsp3) is 0.583. The van der Waals surface area contributed by atoms with Crippen molar-refractivity contribution in [1.29, 1.82) is 0 Å². The molecular formula is C12H18N4O3. The second-order valence-corrected chi connectivity index (χ2v) is 4.80. The first-order valence-corrected chi connectivity index (χ1v) is 6.31. The molecule has 1 aromatic rings. The number of aromatic carboxylic acids is 1. The van der Waals surface area contributed by atoms with Gasteiger partial charge in [0.15, 0.2) is 5.69 Å². The van der Waals surface area contributed by atoms with Crippen LogP contribution in [0.25, 0.3) is 0 Å². The van der Waals surface area contributed by atoms with E-state index in [-0.39, 0.29) is 17.5 Å². The number of nitrogens with zero attached hydrogens (tertiary/aromatic N) is 2. The highest BCUT2D eigenvalue weighted by molar-refractivity contribution is 5.84. The van der Waals surface area contributed by atoms with Crippen molar-refractivity contribution in [2.75, 3.05) is 19.6 Å². The predicted octanol–water partition coefficient (Wildman–Crippen LogP) is -0.447. The van der Waals surface area contributed by atoms with E-state index in [1.165, 1.54) is 12.5 Å². The van der Waals surface area contributed by atoms with Gasteiger partial charge >= 0.3 is 5.97 Å². The average molecular weight is 266 g/mol. The maximum atomic E-state index is 11.8. The number of carboxylic acids is 1. The summed E-state index contributed by atoms with van der Waals surface area (Å²) in [6.45, 7) is 4.72. The summed E-state index contributed by atoms with van der Waals surface area (Å²) < 4.78 is 1.65. The van der Waals surface area contributed by atoms with Crippen molar-refractivity contribution in [3.63, 3.8) is 0 Å². The molecule has 2 rings (SSSR count). The Morgan fingerprint density at radius 3 is 2.89 bits per heavy atom. The summed E-state index contributed by atoms with van der Waals surface area (Å²) in [5.74, 6) is -0.565. The molecule has 1 amide bonds. The van der Waals surface area contributed by atoms with E-state index >= 15 is 0 Å². The number of imidazole rings is 1. The zero-order valence-electron chi connectivity index (χ0n) is 10.8. The number of aromatic nitrogens is 2. The monoisotopic (exact) mass is 266 g/mol. The molecule has 0 radical (unpaired) electrons. The van der Waals surface area contributed by atoms with Crippen LogP contribution in [0, 0.1) is 11.8 Å². The number of carbonyl (C=O) groups excluding carboxylic acids is 1. The van der Waals surface area contributed by atoms with Crippen molar-refractivity contribution < 1.29 is 14.7 Å². The van der Waals surface area contributed by atoms with Gasteiger partial charge in [0.1, 0.15) is 0 Å². The van der Waals surface area contributed by atoms with E-state index in [0.717, 1.165) is 13.1 Å². The number of rotatable bonds is 6. The second-order valence-electron chi connectivity index (χ2n) is 4.80. The molecule has 0 saturated carbocycles. The standard InChI is InChI=1S/C12H18N4O3/c1-8(9-4-13-5-9)11(17)14-2-3-16-6-10(12(18)19)15-7-16/h6-9,13H,2-5H2,1H3,(H,14,17)(H,18,19). The van der Waals surface area contributed by atoms with Gasteiger partial charge in [0.05, 0.1) is 6.33 Å². The summed E-state index contributed by atoms with van der Waals surface area (Å²) in [5.41, 5.74) is 0.0141. The van der Waals surface area contributed by atoms with Crippen LogP contribution in [0.5, 0.6) is 0 Å². The molecule has 1 aromatic heterocycles. The Morgan fingerprint density at radius 1 is 1.63 bits per heavy atom. The third kappa shape index (κ3) is 3.31. The summed E-state index contributed by atoms with van der Waals surface area (Å²) in [6, 6.07) is 0. The van der Waals surface area contributed by atoms with Gasteiger partial charge in [-0.3, -0.25) is 4.79 Å². The molecule has 1 aliphatic heterocycles. The zero-order chi connectivity index (χ0) is 13.8. The van der Waals surface area contributed by atoms with E-state index in [0.29, 0.717) is 19.0 Å². The molecule has 1 saturated heterocycles. The maximum absolute atomic E-state index is 11.8. The Bertz CT molecular complexity index is 467. The topological polar surface area (TPSA) is 96.2 Å². The number of nitrogens with one attached hydrogen (secondary N) is 2. The molecule has 1 fully saturated rings. The normalized spacial score (nSPS) is 16.7. The van der Waals surface area contributed by atoms with Crippen LogP contribution in [-0.4, -0.2) is 46.2 Å². The third-order valence-corrected chi connectivity index (χ3v) is 3.46. The van der Waals surface area contributed by atoms with Crippen LogP contribution in [0.3, 0.4) is 0 Å². The fourth-order valence-electron chi connectivity index (χ4n) is 1.94. The van der Waals surface area contributed by atoms with Crippen LogP contribution < -0.4 is 10.6 Å². The molecule has 7 nitrogen and oxygen atoms in total. The number of amides is 1. The largest absolute Gasteiger partial charge is 0.476 e. The smallest absolute Gasteiger partial charge is 0.356 e. The minimum Gasteiger partial charge on any atom is -0.476 e. The molecule has 2 heterocycles.